The summed E-state index contributed by atoms with van der Waals surface area (Å²) >= 11 is 0. The SMILES string of the molecule is Cc1cccc(CC(=O)N2CCC[C@@H](c3[nH]nc4nccnc34)C2)c1. The summed E-state index contributed by atoms with van der Waals surface area (Å²) in [4.78, 5) is 23.3. The van der Waals surface area contributed by atoms with E-state index < -0.39 is 0 Å². The number of likely N-dealkylation sites (tertiary alicyclic amines) is 1. The number of benzene rings is 1. The monoisotopic (exact) mass is 335 g/mol. The van der Waals surface area contributed by atoms with E-state index in [0.29, 0.717) is 18.6 Å². The maximum absolute atomic E-state index is 12.7. The van der Waals surface area contributed by atoms with Crippen LogP contribution in [-0.4, -0.2) is 44.1 Å². The van der Waals surface area contributed by atoms with Gasteiger partial charge in [0.2, 0.25) is 5.91 Å². The van der Waals surface area contributed by atoms with Crippen LogP contribution >= 0.6 is 0 Å². The third-order valence-corrected chi connectivity index (χ3v) is 4.84. The first-order valence-corrected chi connectivity index (χ1v) is 8.69. The van der Waals surface area contributed by atoms with Gasteiger partial charge >= 0.3 is 0 Å². The molecule has 2 aromatic heterocycles. The number of hydrogen-bond donors (Lipinski definition) is 1. The standard InChI is InChI=1S/C19H21N5O/c1-13-4-2-5-14(10-13)11-16(25)24-9-3-6-15(12-24)17-18-19(23-22-17)21-8-7-20-18/h2,4-5,7-8,10,15H,3,6,9,11-12H2,1H3,(H,21,22,23)/t15-/m1/s1. The Labute approximate surface area is 146 Å². The van der Waals surface area contributed by atoms with E-state index in [-0.39, 0.29) is 11.8 Å². The van der Waals surface area contributed by atoms with Crippen LogP contribution in [0.3, 0.4) is 0 Å². The van der Waals surface area contributed by atoms with Gasteiger partial charge in [0.15, 0.2) is 5.65 Å². The van der Waals surface area contributed by atoms with E-state index in [4.69, 9.17) is 0 Å². The molecule has 3 heterocycles. The van der Waals surface area contributed by atoms with Gasteiger partial charge in [0, 0.05) is 31.4 Å². The van der Waals surface area contributed by atoms with Crippen LogP contribution in [0.25, 0.3) is 11.2 Å². The molecule has 0 spiro atoms. The molecule has 4 rings (SSSR count). The zero-order valence-electron chi connectivity index (χ0n) is 14.3. The Kier molecular flexibility index (Phi) is 4.17. The van der Waals surface area contributed by atoms with Crippen LogP contribution in [0.5, 0.6) is 0 Å². The average molecular weight is 335 g/mol. The van der Waals surface area contributed by atoms with Gasteiger partial charge in [-0.25, -0.2) is 9.97 Å². The van der Waals surface area contributed by atoms with Crippen molar-refractivity contribution in [2.24, 2.45) is 0 Å². The van der Waals surface area contributed by atoms with Crippen LogP contribution in [-0.2, 0) is 11.2 Å². The minimum absolute atomic E-state index is 0.185. The van der Waals surface area contributed by atoms with Crippen molar-refractivity contribution < 1.29 is 4.79 Å². The van der Waals surface area contributed by atoms with E-state index in [0.717, 1.165) is 36.2 Å². The highest BCUT2D eigenvalue weighted by Gasteiger charge is 2.27. The number of H-pyrrole nitrogens is 1. The molecule has 1 N–H and O–H groups in total. The molecule has 1 aliphatic heterocycles. The molecule has 3 aromatic rings. The third kappa shape index (κ3) is 3.24. The topological polar surface area (TPSA) is 74.8 Å². The van der Waals surface area contributed by atoms with Crippen LogP contribution in [0.15, 0.2) is 36.7 Å². The predicted octanol–water partition coefficient (Wildman–Crippen LogP) is 2.61. The van der Waals surface area contributed by atoms with Crippen molar-refractivity contribution >= 4 is 17.1 Å². The summed E-state index contributed by atoms with van der Waals surface area (Å²) in [7, 11) is 0. The number of nitrogens with one attached hydrogen (secondary N) is 1. The van der Waals surface area contributed by atoms with Crippen molar-refractivity contribution in [1.82, 2.24) is 25.1 Å². The predicted molar refractivity (Wildman–Crippen MR) is 95.1 cm³/mol. The van der Waals surface area contributed by atoms with Crippen molar-refractivity contribution in [2.75, 3.05) is 13.1 Å². The molecule has 0 bridgehead atoms. The molecule has 6 heteroatoms. The summed E-state index contributed by atoms with van der Waals surface area (Å²) in [6, 6.07) is 8.16. The fourth-order valence-corrected chi connectivity index (χ4v) is 3.60. The molecule has 1 aromatic carbocycles. The first-order valence-electron chi connectivity index (χ1n) is 8.69. The van der Waals surface area contributed by atoms with Crippen LogP contribution in [0.4, 0.5) is 0 Å². The number of rotatable bonds is 3. The second-order valence-corrected chi connectivity index (χ2v) is 6.71. The lowest BCUT2D eigenvalue weighted by Gasteiger charge is -2.32. The Morgan fingerprint density at radius 1 is 1.32 bits per heavy atom. The molecule has 1 atom stereocenters. The van der Waals surface area contributed by atoms with Crippen LogP contribution in [0.1, 0.15) is 35.6 Å². The van der Waals surface area contributed by atoms with Crippen molar-refractivity contribution in [3.05, 3.63) is 53.5 Å². The summed E-state index contributed by atoms with van der Waals surface area (Å²) in [5.41, 5.74) is 4.71. The highest BCUT2D eigenvalue weighted by atomic mass is 16.2. The van der Waals surface area contributed by atoms with Crippen molar-refractivity contribution in [1.29, 1.82) is 0 Å². The first-order chi connectivity index (χ1) is 12.2. The summed E-state index contributed by atoms with van der Waals surface area (Å²) in [6.45, 7) is 3.58. The molecule has 1 saturated heterocycles. The van der Waals surface area contributed by atoms with Crippen molar-refractivity contribution in [3.8, 4) is 0 Å². The Hall–Kier alpha value is -2.76. The van der Waals surface area contributed by atoms with Crippen LogP contribution < -0.4 is 0 Å². The quantitative estimate of drug-likeness (QED) is 0.798. The summed E-state index contributed by atoms with van der Waals surface area (Å²) in [5, 5.41) is 7.33. The number of carbonyl (C=O) groups is 1. The molecular formula is C19H21N5O. The number of hydrogen-bond acceptors (Lipinski definition) is 4. The minimum atomic E-state index is 0.185. The Bertz CT molecular complexity index is 903. The Balaban J connectivity index is 1.50. The van der Waals surface area contributed by atoms with E-state index in [1.807, 2.05) is 17.0 Å². The number of nitrogens with zero attached hydrogens (tertiary/aromatic N) is 4. The van der Waals surface area contributed by atoms with E-state index >= 15 is 0 Å². The highest BCUT2D eigenvalue weighted by molar-refractivity contribution is 5.79. The molecule has 1 aliphatic rings. The highest BCUT2D eigenvalue weighted by Crippen LogP contribution is 2.29. The molecule has 0 aliphatic carbocycles. The zero-order chi connectivity index (χ0) is 17.2. The number of piperidine rings is 1. The smallest absolute Gasteiger partial charge is 0.227 e. The molecular weight excluding hydrogens is 314 g/mol. The molecule has 1 fully saturated rings. The van der Waals surface area contributed by atoms with Crippen LogP contribution in [0.2, 0.25) is 0 Å². The molecule has 1 amide bonds. The van der Waals surface area contributed by atoms with Crippen LogP contribution in [0, 0.1) is 6.92 Å². The normalized spacial score (nSPS) is 17.8. The fraction of sp³-hybridized carbons (Fsp3) is 0.368. The second-order valence-electron chi connectivity index (χ2n) is 6.71. The van der Waals surface area contributed by atoms with Gasteiger partial charge in [-0.05, 0) is 25.3 Å². The Morgan fingerprint density at radius 3 is 3.08 bits per heavy atom. The van der Waals surface area contributed by atoms with E-state index in [2.05, 4.69) is 39.2 Å². The number of aromatic amines is 1. The fourth-order valence-electron chi connectivity index (χ4n) is 3.60. The van der Waals surface area contributed by atoms with Gasteiger partial charge in [-0.2, -0.15) is 5.10 Å². The third-order valence-electron chi connectivity index (χ3n) is 4.84. The van der Waals surface area contributed by atoms with E-state index in [9.17, 15) is 4.79 Å². The maximum atomic E-state index is 12.7. The minimum Gasteiger partial charge on any atom is -0.342 e. The lowest BCUT2D eigenvalue weighted by atomic mass is 9.94. The summed E-state index contributed by atoms with van der Waals surface area (Å²) in [6.07, 6.45) is 5.81. The largest absolute Gasteiger partial charge is 0.342 e. The molecule has 0 radical (unpaired) electrons. The summed E-state index contributed by atoms with van der Waals surface area (Å²) < 4.78 is 0. The second kappa shape index (κ2) is 6.63. The molecule has 0 saturated carbocycles. The lowest BCUT2D eigenvalue weighted by molar-refractivity contribution is -0.131. The zero-order valence-corrected chi connectivity index (χ0v) is 14.3. The van der Waals surface area contributed by atoms with Crippen molar-refractivity contribution in [2.45, 2.75) is 32.1 Å². The van der Waals surface area contributed by atoms with Gasteiger partial charge in [0.1, 0.15) is 5.52 Å². The first kappa shape index (κ1) is 15.7. The Morgan fingerprint density at radius 2 is 2.20 bits per heavy atom. The maximum Gasteiger partial charge on any atom is 0.227 e. The van der Waals surface area contributed by atoms with Gasteiger partial charge in [0.25, 0.3) is 0 Å². The number of amides is 1. The molecule has 25 heavy (non-hydrogen) atoms. The summed E-state index contributed by atoms with van der Waals surface area (Å²) in [5.74, 6) is 0.419. The number of carbonyl (C=O) groups excluding carboxylic acids is 1. The average Bonchev–Trinajstić information content (AvgIpc) is 3.06. The molecule has 128 valence electrons. The van der Waals surface area contributed by atoms with Gasteiger partial charge in [0.05, 0.1) is 12.1 Å². The number of aryl methyl sites for hydroxylation is 1. The van der Waals surface area contributed by atoms with Gasteiger partial charge in [-0.3, -0.25) is 9.89 Å². The lowest BCUT2D eigenvalue weighted by Crippen LogP contribution is -2.40. The van der Waals surface area contributed by atoms with E-state index in [1.54, 1.807) is 12.4 Å². The van der Waals surface area contributed by atoms with Gasteiger partial charge < -0.3 is 4.90 Å². The molecule has 0 unspecified atom stereocenters. The van der Waals surface area contributed by atoms with E-state index in [1.165, 1.54) is 5.56 Å². The van der Waals surface area contributed by atoms with Gasteiger partial charge in [-0.1, -0.05) is 29.8 Å². The molecule has 6 nitrogen and oxygen atoms in total. The van der Waals surface area contributed by atoms with Gasteiger partial charge in [-0.15, -0.1) is 0 Å². The number of fused-ring (bicyclic) bond motifs is 1. The van der Waals surface area contributed by atoms with Crippen molar-refractivity contribution in [3.63, 3.8) is 0 Å². The number of aromatic nitrogens is 4.